The number of aromatic carboxylic acids is 1. The first-order valence-corrected chi connectivity index (χ1v) is 8.99. The predicted molar refractivity (Wildman–Crippen MR) is 108 cm³/mol. The molecule has 2 N–H and O–H groups in total. The average molecular weight is 372 g/mol. The second-order valence-corrected chi connectivity index (χ2v) is 6.89. The van der Waals surface area contributed by atoms with Gasteiger partial charge in [0.05, 0.1) is 5.56 Å². The van der Waals surface area contributed by atoms with E-state index >= 15 is 0 Å². The summed E-state index contributed by atoms with van der Waals surface area (Å²) in [5, 5.41) is 9.15. The third-order valence-electron chi connectivity index (χ3n) is 5.13. The number of carboxylic acid groups (broad SMARTS) is 1. The van der Waals surface area contributed by atoms with Gasteiger partial charge in [0, 0.05) is 11.1 Å². The van der Waals surface area contributed by atoms with Crippen molar-refractivity contribution >= 4 is 12.4 Å². The zero-order valence-corrected chi connectivity index (χ0v) is 15.6. The van der Waals surface area contributed by atoms with Gasteiger partial charge in [-0.2, -0.15) is 0 Å². The zero-order chi connectivity index (χ0) is 19.7. The number of carbonyl (C=O) groups is 1. The summed E-state index contributed by atoms with van der Waals surface area (Å²) in [6.45, 7) is 4.18. The lowest BCUT2D eigenvalue weighted by atomic mass is 9.88. The van der Waals surface area contributed by atoms with Crippen LogP contribution in [0.25, 0.3) is 11.1 Å². The van der Waals surface area contributed by atoms with E-state index in [0.29, 0.717) is 0 Å². The van der Waals surface area contributed by atoms with Crippen LogP contribution in [0.15, 0.2) is 71.7 Å². The maximum absolute atomic E-state index is 11.2. The molecule has 3 aromatic carbocycles. The maximum Gasteiger partial charge on any atom is 0.335 e. The molecule has 0 radical (unpaired) electrons. The predicted octanol–water partition coefficient (Wildman–Crippen LogP) is 4.43. The Morgan fingerprint density at radius 2 is 1.61 bits per heavy atom. The highest BCUT2D eigenvalue weighted by Gasteiger charge is 2.38. The van der Waals surface area contributed by atoms with Crippen LogP contribution in [0.4, 0.5) is 0 Å². The molecule has 1 aliphatic heterocycles. The van der Waals surface area contributed by atoms with Crippen LogP contribution in [0.5, 0.6) is 0 Å². The lowest BCUT2D eigenvalue weighted by molar-refractivity contribution is 0.0697. The first-order chi connectivity index (χ1) is 13.5. The Labute approximate surface area is 163 Å². The minimum atomic E-state index is -0.960. The van der Waals surface area contributed by atoms with Gasteiger partial charge < -0.3 is 9.94 Å². The van der Waals surface area contributed by atoms with Gasteiger partial charge in [-0.15, -0.1) is 5.48 Å². The highest BCUT2D eigenvalue weighted by atomic mass is 16.7. The van der Waals surface area contributed by atoms with Crippen LogP contribution in [-0.4, -0.2) is 17.5 Å². The Morgan fingerprint density at radius 1 is 0.929 bits per heavy atom. The van der Waals surface area contributed by atoms with Crippen molar-refractivity contribution in [3.63, 3.8) is 0 Å². The first kappa shape index (κ1) is 17.9. The fourth-order valence-electron chi connectivity index (χ4n) is 3.60. The van der Waals surface area contributed by atoms with Crippen LogP contribution in [0.1, 0.15) is 32.6 Å². The van der Waals surface area contributed by atoms with Crippen molar-refractivity contribution < 1.29 is 14.7 Å². The molecule has 0 aliphatic carbocycles. The van der Waals surface area contributed by atoms with Crippen molar-refractivity contribution in [2.75, 3.05) is 0 Å². The standard InChI is InChI=1S/C23H20N2O3/c1-15-5-3-4-6-20(15)21-12-11-19(13-16(21)2)23(24-14-28-25-23)18-9-7-17(8-10-18)22(26)27/h3-14,25H,1-2H3,(H,26,27). The number of nitrogens with one attached hydrogen (secondary N) is 1. The molecular weight excluding hydrogens is 352 g/mol. The van der Waals surface area contributed by atoms with Gasteiger partial charge in [-0.3, -0.25) is 0 Å². The summed E-state index contributed by atoms with van der Waals surface area (Å²) in [6, 6.07) is 21.2. The van der Waals surface area contributed by atoms with E-state index in [1.807, 2.05) is 18.2 Å². The van der Waals surface area contributed by atoms with Gasteiger partial charge in [-0.25, -0.2) is 9.79 Å². The Kier molecular flexibility index (Phi) is 4.45. The molecular formula is C23H20N2O3. The topological polar surface area (TPSA) is 70.9 Å². The van der Waals surface area contributed by atoms with E-state index in [2.05, 4.69) is 48.6 Å². The van der Waals surface area contributed by atoms with E-state index in [4.69, 9.17) is 9.94 Å². The molecule has 0 amide bonds. The SMILES string of the molecule is Cc1ccccc1-c1ccc(C2(c3ccc(C(=O)O)cc3)N=CON2)cc1C. The summed E-state index contributed by atoms with van der Waals surface area (Å²) >= 11 is 0. The fourth-order valence-corrected chi connectivity index (χ4v) is 3.60. The molecule has 0 aromatic heterocycles. The van der Waals surface area contributed by atoms with Gasteiger partial charge in [-0.1, -0.05) is 54.6 Å². The van der Waals surface area contributed by atoms with Crippen molar-refractivity contribution in [1.82, 2.24) is 5.48 Å². The van der Waals surface area contributed by atoms with Crippen LogP contribution >= 0.6 is 0 Å². The molecule has 1 unspecified atom stereocenters. The summed E-state index contributed by atoms with van der Waals surface area (Å²) in [4.78, 5) is 21.0. The molecule has 3 aromatic rings. The lowest BCUT2D eigenvalue weighted by Gasteiger charge is -2.27. The van der Waals surface area contributed by atoms with E-state index in [1.165, 1.54) is 23.1 Å². The Hall–Kier alpha value is -3.44. The Morgan fingerprint density at radius 3 is 2.21 bits per heavy atom. The Balaban J connectivity index is 1.79. The smallest absolute Gasteiger partial charge is 0.335 e. The number of benzene rings is 3. The molecule has 1 heterocycles. The number of hydroxylamine groups is 1. The molecule has 0 fully saturated rings. The van der Waals surface area contributed by atoms with Crippen molar-refractivity contribution in [2.45, 2.75) is 19.5 Å². The van der Waals surface area contributed by atoms with Gasteiger partial charge in [-0.05, 0) is 48.2 Å². The number of hydrogen-bond donors (Lipinski definition) is 2. The minimum Gasteiger partial charge on any atom is -0.478 e. The van der Waals surface area contributed by atoms with Crippen LogP contribution < -0.4 is 5.48 Å². The molecule has 4 rings (SSSR count). The summed E-state index contributed by atoms with van der Waals surface area (Å²) in [5.41, 5.74) is 8.72. The summed E-state index contributed by atoms with van der Waals surface area (Å²) in [5.74, 6) is -0.960. The van der Waals surface area contributed by atoms with E-state index in [1.54, 1.807) is 24.3 Å². The maximum atomic E-state index is 11.2. The number of nitrogens with zero attached hydrogens (tertiary/aromatic N) is 1. The van der Waals surface area contributed by atoms with Crippen molar-refractivity contribution in [1.29, 1.82) is 0 Å². The highest BCUT2D eigenvalue weighted by molar-refractivity contribution is 5.87. The van der Waals surface area contributed by atoms with Crippen LogP contribution in [0.3, 0.4) is 0 Å². The van der Waals surface area contributed by atoms with Crippen molar-refractivity contribution in [3.05, 3.63) is 94.5 Å². The number of carboxylic acids is 1. The normalized spacial score (nSPS) is 18.1. The monoisotopic (exact) mass is 372 g/mol. The second-order valence-electron chi connectivity index (χ2n) is 6.89. The highest BCUT2D eigenvalue weighted by Crippen LogP contribution is 2.36. The molecule has 5 heteroatoms. The molecule has 0 bridgehead atoms. The lowest BCUT2D eigenvalue weighted by Crippen LogP contribution is -2.37. The zero-order valence-electron chi connectivity index (χ0n) is 15.6. The van der Waals surface area contributed by atoms with Gasteiger partial charge in [0.25, 0.3) is 0 Å². The number of rotatable bonds is 4. The number of aliphatic imine (C=N–C) groups is 1. The molecule has 140 valence electrons. The molecule has 0 saturated carbocycles. The number of hydrogen-bond acceptors (Lipinski definition) is 4. The number of aryl methyl sites for hydroxylation is 2. The van der Waals surface area contributed by atoms with E-state index < -0.39 is 11.6 Å². The second kappa shape index (κ2) is 6.94. The minimum absolute atomic E-state index is 0.230. The van der Waals surface area contributed by atoms with E-state index in [-0.39, 0.29) is 5.56 Å². The summed E-state index contributed by atoms with van der Waals surface area (Å²) in [6.07, 6.45) is 1.37. The summed E-state index contributed by atoms with van der Waals surface area (Å²) < 4.78 is 0. The fraction of sp³-hybridized carbons (Fsp3) is 0.130. The van der Waals surface area contributed by atoms with Gasteiger partial charge in [0.15, 0.2) is 12.1 Å². The summed E-state index contributed by atoms with van der Waals surface area (Å²) in [7, 11) is 0. The molecule has 5 nitrogen and oxygen atoms in total. The average Bonchev–Trinajstić information content (AvgIpc) is 3.20. The molecule has 1 aliphatic rings. The molecule has 28 heavy (non-hydrogen) atoms. The molecule has 0 saturated heterocycles. The third-order valence-corrected chi connectivity index (χ3v) is 5.13. The van der Waals surface area contributed by atoms with E-state index in [9.17, 15) is 4.79 Å². The molecule has 0 spiro atoms. The third kappa shape index (κ3) is 2.96. The molecule has 1 atom stereocenters. The largest absolute Gasteiger partial charge is 0.478 e. The van der Waals surface area contributed by atoms with Crippen LogP contribution in [-0.2, 0) is 10.5 Å². The van der Waals surface area contributed by atoms with Crippen LogP contribution in [0, 0.1) is 13.8 Å². The van der Waals surface area contributed by atoms with Gasteiger partial charge >= 0.3 is 5.97 Å². The van der Waals surface area contributed by atoms with E-state index in [0.717, 1.165) is 16.7 Å². The quantitative estimate of drug-likeness (QED) is 0.711. The van der Waals surface area contributed by atoms with Crippen molar-refractivity contribution in [3.8, 4) is 11.1 Å². The van der Waals surface area contributed by atoms with Gasteiger partial charge in [0.1, 0.15) is 0 Å². The van der Waals surface area contributed by atoms with Gasteiger partial charge in [0.2, 0.25) is 0 Å². The first-order valence-electron chi connectivity index (χ1n) is 8.99. The Bertz CT molecular complexity index is 1070. The van der Waals surface area contributed by atoms with Crippen LogP contribution in [0.2, 0.25) is 0 Å². The van der Waals surface area contributed by atoms with Crippen molar-refractivity contribution in [2.24, 2.45) is 4.99 Å².